The number of nitrogens with two attached hydrogens (primary N) is 1. The van der Waals surface area contributed by atoms with Gasteiger partial charge in [-0.25, -0.2) is 0 Å². The van der Waals surface area contributed by atoms with Gasteiger partial charge in [-0.15, -0.1) is 12.4 Å². The van der Waals surface area contributed by atoms with Gasteiger partial charge in [0.2, 0.25) is 5.91 Å². The van der Waals surface area contributed by atoms with Crippen LogP contribution in [0.2, 0.25) is 0 Å². The monoisotopic (exact) mass is 258 g/mol. The van der Waals surface area contributed by atoms with Gasteiger partial charge in [0, 0.05) is 12.5 Å². The van der Waals surface area contributed by atoms with E-state index in [1.54, 1.807) is 25.3 Å². The third kappa shape index (κ3) is 4.95. The Hall–Kier alpha value is -1.42. The smallest absolute Gasteiger partial charge is 0.224 e. The van der Waals surface area contributed by atoms with Crippen LogP contribution >= 0.6 is 12.4 Å². The number of ether oxygens (including phenoxy) is 1. The molecule has 5 heteroatoms. The van der Waals surface area contributed by atoms with Gasteiger partial charge >= 0.3 is 0 Å². The molecule has 0 heterocycles. The zero-order valence-corrected chi connectivity index (χ0v) is 11.1. The second kappa shape index (κ2) is 7.01. The lowest BCUT2D eigenvalue weighted by Gasteiger charge is -2.10. The van der Waals surface area contributed by atoms with Crippen LogP contribution in [-0.2, 0) is 4.79 Å². The number of carbonyl (C=O) groups excluding carboxylic acids is 1. The Balaban J connectivity index is 0.00000256. The van der Waals surface area contributed by atoms with Gasteiger partial charge < -0.3 is 15.8 Å². The predicted octanol–water partition coefficient (Wildman–Crippen LogP) is 2.68. The Morgan fingerprint density at radius 2 is 2.12 bits per heavy atom. The first-order chi connectivity index (χ1) is 7.52. The second-order valence-electron chi connectivity index (χ2n) is 4.10. The van der Waals surface area contributed by atoms with Crippen LogP contribution in [0.25, 0.3) is 0 Å². The molecule has 1 rings (SSSR count). The summed E-state index contributed by atoms with van der Waals surface area (Å²) in [4.78, 5) is 11.6. The number of hydrogen-bond acceptors (Lipinski definition) is 3. The highest BCUT2D eigenvalue weighted by Gasteiger charge is 2.08. The molecular formula is C12H19ClN2O2. The van der Waals surface area contributed by atoms with Crippen molar-refractivity contribution in [3.05, 3.63) is 18.2 Å². The van der Waals surface area contributed by atoms with E-state index < -0.39 is 0 Å². The van der Waals surface area contributed by atoms with E-state index in [1.807, 2.05) is 13.8 Å². The normalized spacial score (nSPS) is 9.65. The van der Waals surface area contributed by atoms with Crippen molar-refractivity contribution in [3.8, 4) is 5.75 Å². The first-order valence-electron chi connectivity index (χ1n) is 5.26. The molecule has 0 spiro atoms. The van der Waals surface area contributed by atoms with Crippen molar-refractivity contribution in [2.24, 2.45) is 5.92 Å². The molecule has 0 unspecified atom stereocenters. The van der Waals surface area contributed by atoms with E-state index >= 15 is 0 Å². The Morgan fingerprint density at radius 3 is 2.65 bits per heavy atom. The number of nitrogen functional groups attached to an aromatic ring is 1. The molecule has 4 nitrogen and oxygen atoms in total. The van der Waals surface area contributed by atoms with E-state index in [-0.39, 0.29) is 18.3 Å². The largest absolute Gasteiger partial charge is 0.497 e. The van der Waals surface area contributed by atoms with E-state index in [0.717, 1.165) is 0 Å². The predicted molar refractivity (Wildman–Crippen MR) is 72.7 cm³/mol. The SMILES string of the molecule is COc1ccc(N)c(NC(=O)CC(C)C)c1.Cl. The molecule has 1 amide bonds. The van der Waals surface area contributed by atoms with Gasteiger partial charge in [-0.05, 0) is 18.1 Å². The minimum absolute atomic E-state index is 0. The zero-order chi connectivity index (χ0) is 12.1. The van der Waals surface area contributed by atoms with Gasteiger partial charge in [-0.3, -0.25) is 4.79 Å². The van der Waals surface area contributed by atoms with Crippen LogP contribution in [0.5, 0.6) is 5.75 Å². The standard InChI is InChI=1S/C12H18N2O2.ClH/c1-8(2)6-12(15)14-11-7-9(16-3)4-5-10(11)13;/h4-5,7-8H,6,13H2,1-3H3,(H,14,15);1H. The lowest BCUT2D eigenvalue weighted by Crippen LogP contribution is -2.14. The molecule has 1 aromatic carbocycles. The molecule has 96 valence electrons. The van der Waals surface area contributed by atoms with Crippen LogP contribution in [0.4, 0.5) is 11.4 Å². The van der Waals surface area contributed by atoms with Crippen molar-refractivity contribution in [2.75, 3.05) is 18.2 Å². The topological polar surface area (TPSA) is 64.3 Å². The number of benzene rings is 1. The number of nitrogens with one attached hydrogen (secondary N) is 1. The van der Waals surface area contributed by atoms with E-state index in [1.165, 1.54) is 0 Å². The Labute approximate surface area is 108 Å². The van der Waals surface area contributed by atoms with Crippen LogP contribution in [0.3, 0.4) is 0 Å². The fourth-order valence-corrected chi connectivity index (χ4v) is 1.34. The minimum Gasteiger partial charge on any atom is -0.497 e. The number of hydrogen-bond donors (Lipinski definition) is 2. The first kappa shape index (κ1) is 15.6. The molecule has 17 heavy (non-hydrogen) atoms. The molecule has 0 aliphatic carbocycles. The number of amides is 1. The summed E-state index contributed by atoms with van der Waals surface area (Å²) in [6, 6.07) is 5.19. The average Bonchev–Trinajstić information content (AvgIpc) is 2.20. The Kier molecular flexibility index (Phi) is 6.43. The fraction of sp³-hybridized carbons (Fsp3) is 0.417. The molecule has 3 N–H and O–H groups in total. The molecular weight excluding hydrogens is 240 g/mol. The summed E-state index contributed by atoms with van der Waals surface area (Å²) in [6.45, 7) is 3.99. The van der Waals surface area contributed by atoms with Crippen LogP contribution < -0.4 is 15.8 Å². The quantitative estimate of drug-likeness (QED) is 0.816. The highest BCUT2D eigenvalue weighted by atomic mass is 35.5. The van der Waals surface area contributed by atoms with Gasteiger partial charge in [0.25, 0.3) is 0 Å². The van der Waals surface area contributed by atoms with Crippen molar-refractivity contribution in [1.82, 2.24) is 0 Å². The lowest BCUT2D eigenvalue weighted by molar-refractivity contribution is -0.116. The van der Waals surface area contributed by atoms with Gasteiger partial charge in [0.15, 0.2) is 0 Å². The fourth-order valence-electron chi connectivity index (χ4n) is 1.34. The molecule has 0 fully saturated rings. The van der Waals surface area contributed by atoms with E-state index in [2.05, 4.69) is 5.32 Å². The van der Waals surface area contributed by atoms with E-state index in [9.17, 15) is 4.79 Å². The molecule has 0 saturated heterocycles. The zero-order valence-electron chi connectivity index (χ0n) is 10.3. The minimum atomic E-state index is -0.0325. The summed E-state index contributed by atoms with van der Waals surface area (Å²) >= 11 is 0. The third-order valence-corrected chi connectivity index (χ3v) is 2.13. The van der Waals surface area contributed by atoms with Crippen molar-refractivity contribution in [1.29, 1.82) is 0 Å². The van der Waals surface area contributed by atoms with Crippen LogP contribution in [0.15, 0.2) is 18.2 Å². The Bertz CT molecular complexity index is 381. The molecule has 1 aromatic rings. The maximum Gasteiger partial charge on any atom is 0.224 e. The van der Waals surface area contributed by atoms with Gasteiger partial charge in [0.05, 0.1) is 18.5 Å². The maximum absolute atomic E-state index is 11.6. The molecule has 0 saturated carbocycles. The number of rotatable bonds is 4. The van der Waals surface area contributed by atoms with Gasteiger partial charge in [-0.2, -0.15) is 0 Å². The molecule has 0 aliphatic heterocycles. The second-order valence-corrected chi connectivity index (χ2v) is 4.10. The molecule has 0 bridgehead atoms. The highest BCUT2D eigenvalue weighted by molar-refractivity contribution is 5.94. The van der Waals surface area contributed by atoms with Crippen LogP contribution in [-0.4, -0.2) is 13.0 Å². The van der Waals surface area contributed by atoms with Crippen molar-refractivity contribution < 1.29 is 9.53 Å². The van der Waals surface area contributed by atoms with Gasteiger partial charge in [0.1, 0.15) is 5.75 Å². The number of methoxy groups -OCH3 is 1. The highest BCUT2D eigenvalue weighted by Crippen LogP contribution is 2.24. The average molecular weight is 259 g/mol. The Morgan fingerprint density at radius 1 is 1.47 bits per heavy atom. The maximum atomic E-state index is 11.6. The number of anilines is 2. The molecule has 0 aliphatic rings. The summed E-state index contributed by atoms with van der Waals surface area (Å²) < 4.78 is 5.07. The van der Waals surface area contributed by atoms with Crippen molar-refractivity contribution >= 4 is 29.7 Å². The summed E-state index contributed by atoms with van der Waals surface area (Å²) in [5.41, 5.74) is 6.89. The molecule has 0 radical (unpaired) electrons. The van der Waals surface area contributed by atoms with E-state index in [4.69, 9.17) is 10.5 Å². The van der Waals surface area contributed by atoms with Gasteiger partial charge in [-0.1, -0.05) is 13.8 Å². The van der Waals surface area contributed by atoms with Crippen LogP contribution in [0, 0.1) is 5.92 Å². The lowest BCUT2D eigenvalue weighted by atomic mass is 10.1. The molecule has 0 atom stereocenters. The van der Waals surface area contributed by atoms with E-state index in [0.29, 0.717) is 29.5 Å². The van der Waals surface area contributed by atoms with Crippen LogP contribution in [0.1, 0.15) is 20.3 Å². The molecule has 0 aromatic heterocycles. The number of carbonyl (C=O) groups is 1. The number of halogens is 1. The van der Waals surface area contributed by atoms with Crippen molar-refractivity contribution in [2.45, 2.75) is 20.3 Å². The third-order valence-electron chi connectivity index (χ3n) is 2.13. The summed E-state index contributed by atoms with van der Waals surface area (Å²) in [6.07, 6.45) is 0.483. The summed E-state index contributed by atoms with van der Waals surface area (Å²) in [5, 5.41) is 2.77. The summed E-state index contributed by atoms with van der Waals surface area (Å²) in [5.74, 6) is 0.968. The van der Waals surface area contributed by atoms with Crippen molar-refractivity contribution in [3.63, 3.8) is 0 Å². The summed E-state index contributed by atoms with van der Waals surface area (Å²) in [7, 11) is 1.57. The first-order valence-corrected chi connectivity index (χ1v) is 5.26.